The number of thiophene rings is 1. The van der Waals surface area contributed by atoms with E-state index < -0.39 is 5.97 Å². The van der Waals surface area contributed by atoms with Gasteiger partial charge in [-0.05, 0) is 37.3 Å². The fourth-order valence-electron chi connectivity index (χ4n) is 3.27. The highest BCUT2D eigenvalue weighted by Crippen LogP contribution is 2.35. The van der Waals surface area contributed by atoms with Gasteiger partial charge in [-0.1, -0.05) is 11.6 Å². The highest BCUT2D eigenvalue weighted by Gasteiger charge is 2.21. The van der Waals surface area contributed by atoms with Crippen LogP contribution in [0.25, 0.3) is 21.7 Å². The number of halogens is 1. The molecule has 0 fully saturated rings. The maximum atomic E-state index is 12.3. The van der Waals surface area contributed by atoms with E-state index in [1.54, 1.807) is 32.4 Å². The smallest absolute Gasteiger partial charge is 0.354 e. The lowest BCUT2D eigenvalue weighted by atomic mass is 10.2. The maximum absolute atomic E-state index is 12.3. The molecule has 0 spiro atoms. The first kappa shape index (κ1) is 20.3. The second kappa shape index (κ2) is 8.04. The number of methoxy groups -OCH3 is 3. The van der Waals surface area contributed by atoms with E-state index in [0.29, 0.717) is 45.4 Å². The van der Waals surface area contributed by atoms with E-state index in [1.807, 2.05) is 23.6 Å². The Morgan fingerprint density at radius 3 is 2.63 bits per heavy atom. The predicted molar refractivity (Wildman–Crippen MR) is 115 cm³/mol. The molecule has 156 valence electrons. The van der Waals surface area contributed by atoms with Gasteiger partial charge in [0.2, 0.25) is 5.89 Å². The first-order valence-electron chi connectivity index (χ1n) is 9.00. The van der Waals surface area contributed by atoms with Gasteiger partial charge < -0.3 is 23.2 Å². The Balaban J connectivity index is 1.74. The molecule has 30 heavy (non-hydrogen) atoms. The maximum Gasteiger partial charge on any atom is 0.354 e. The monoisotopic (exact) mass is 446 g/mol. The molecule has 0 bridgehead atoms. The van der Waals surface area contributed by atoms with Gasteiger partial charge in [0.15, 0.2) is 11.5 Å². The molecular weight excluding hydrogens is 428 g/mol. The minimum atomic E-state index is -0.421. The lowest BCUT2D eigenvalue weighted by molar-refractivity contribution is 0.0589. The van der Waals surface area contributed by atoms with Crippen LogP contribution in [0, 0.1) is 6.92 Å². The normalized spacial score (nSPS) is 11.1. The van der Waals surface area contributed by atoms with Gasteiger partial charge in [0.1, 0.15) is 17.1 Å². The van der Waals surface area contributed by atoms with E-state index in [-0.39, 0.29) is 0 Å². The summed E-state index contributed by atoms with van der Waals surface area (Å²) in [6, 6.07) is 9.07. The van der Waals surface area contributed by atoms with Crippen LogP contribution in [0.4, 0.5) is 0 Å². The Bertz CT molecular complexity index is 1240. The van der Waals surface area contributed by atoms with Crippen LogP contribution in [0.1, 0.15) is 21.9 Å². The first-order valence-corrected chi connectivity index (χ1v) is 10.2. The van der Waals surface area contributed by atoms with Crippen molar-refractivity contribution in [1.29, 1.82) is 0 Å². The number of hydrogen-bond donors (Lipinski definition) is 0. The highest BCUT2D eigenvalue weighted by atomic mass is 35.5. The van der Waals surface area contributed by atoms with Gasteiger partial charge in [-0.2, -0.15) is 0 Å². The molecule has 0 radical (unpaired) electrons. The van der Waals surface area contributed by atoms with E-state index in [0.717, 1.165) is 15.8 Å². The topological polar surface area (TPSA) is 75.7 Å². The van der Waals surface area contributed by atoms with Crippen molar-refractivity contribution >= 4 is 39.1 Å². The Labute approximate surface area is 181 Å². The number of hydrogen-bond acceptors (Lipinski definition) is 7. The van der Waals surface area contributed by atoms with Crippen LogP contribution in [0.3, 0.4) is 0 Å². The fourth-order valence-corrected chi connectivity index (χ4v) is 4.45. The molecule has 0 amide bonds. The first-order chi connectivity index (χ1) is 14.4. The van der Waals surface area contributed by atoms with Crippen LogP contribution in [-0.2, 0) is 11.3 Å². The minimum absolute atomic E-state index is 0.337. The molecule has 4 rings (SSSR count). The number of fused-ring (bicyclic) bond motifs is 1. The van der Waals surface area contributed by atoms with Gasteiger partial charge in [0.25, 0.3) is 0 Å². The molecule has 0 saturated carbocycles. The van der Waals surface area contributed by atoms with Crippen molar-refractivity contribution < 1.29 is 23.4 Å². The summed E-state index contributed by atoms with van der Waals surface area (Å²) in [5, 5.41) is 0. The molecule has 4 aromatic rings. The summed E-state index contributed by atoms with van der Waals surface area (Å²) in [7, 11) is 4.51. The van der Waals surface area contributed by atoms with E-state index in [1.165, 1.54) is 18.4 Å². The zero-order valence-corrected chi connectivity index (χ0v) is 18.4. The molecule has 3 heterocycles. The van der Waals surface area contributed by atoms with Crippen molar-refractivity contribution in [3.05, 3.63) is 51.8 Å². The van der Waals surface area contributed by atoms with Crippen LogP contribution in [-0.4, -0.2) is 36.8 Å². The van der Waals surface area contributed by atoms with Crippen molar-refractivity contribution in [2.45, 2.75) is 13.5 Å². The van der Waals surface area contributed by atoms with Crippen molar-refractivity contribution in [3.63, 3.8) is 0 Å². The molecule has 0 saturated heterocycles. The summed E-state index contributed by atoms with van der Waals surface area (Å²) < 4.78 is 24.9. The Hall–Kier alpha value is -2.97. The third kappa shape index (κ3) is 3.53. The molecule has 0 unspecified atom stereocenters. The Morgan fingerprint density at radius 2 is 1.93 bits per heavy atom. The molecule has 0 aliphatic rings. The third-order valence-electron chi connectivity index (χ3n) is 4.79. The average molecular weight is 447 g/mol. The predicted octanol–water partition coefficient (Wildman–Crippen LogP) is 5.17. The van der Waals surface area contributed by atoms with Gasteiger partial charge >= 0.3 is 5.97 Å². The van der Waals surface area contributed by atoms with Crippen molar-refractivity contribution in [1.82, 2.24) is 9.55 Å². The molecule has 0 aliphatic carbocycles. The molecule has 0 N–H and O–H groups in total. The van der Waals surface area contributed by atoms with Crippen LogP contribution >= 0.6 is 22.9 Å². The standard InChI is InChI=1S/C21H19ClN2O5S/c1-11-13(23-20(29-11)12-5-6-16(26-2)17(7-12)27-3)10-24-14-9-19(22)30-18(14)8-15(24)21(25)28-4/h5-9H,10H2,1-4H3. The molecule has 7 nitrogen and oxygen atoms in total. The zero-order chi connectivity index (χ0) is 21.4. The molecule has 9 heteroatoms. The average Bonchev–Trinajstić information content (AvgIpc) is 3.40. The van der Waals surface area contributed by atoms with Gasteiger partial charge in [-0.25, -0.2) is 9.78 Å². The zero-order valence-electron chi connectivity index (χ0n) is 16.8. The van der Waals surface area contributed by atoms with E-state index in [2.05, 4.69) is 4.98 Å². The number of ether oxygens (including phenoxy) is 3. The van der Waals surface area contributed by atoms with Crippen LogP contribution < -0.4 is 9.47 Å². The quantitative estimate of drug-likeness (QED) is 0.380. The van der Waals surface area contributed by atoms with Crippen molar-refractivity contribution in [2.24, 2.45) is 0 Å². The Kier molecular flexibility index (Phi) is 5.44. The second-order valence-corrected chi connectivity index (χ2v) is 8.21. The SMILES string of the molecule is COC(=O)c1cc2sc(Cl)cc2n1Cc1nc(-c2ccc(OC)c(OC)c2)oc1C. The van der Waals surface area contributed by atoms with Gasteiger partial charge in [-0.15, -0.1) is 11.3 Å². The summed E-state index contributed by atoms with van der Waals surface area (Å²) >= 11 is 7.57. The molecule has 0 atom stereocenters. The third-order valence-corrected chi connectivity index (χ3v) is 5.99. The van der Waals surface area contributed by atoms with Crippen molar-refractivity contribution in [3.8, 4) is 23.0 Å². The number of rotatable bonds is 6. The lowest BCUT2D eigenvalue weighted by Gasteiger charge is -2.08. The second-order valence-electron chi connectivity index (χ2n) is 6.50. The van der Waals surface area contributed by atoms with E-state index in [4.69, 9.17) is 30.2 Å². The largest absolute Gasteiger partial charge is 0.493 e. The number of carbonyl (C=O) groups excluding carboxylic acids is 1. The molecular formula is C21H19ClN2O5S. The number of aromatic nitrogens is 2. The van der Waals surface area contributed by atoms with Crippen LogP contribution in [0.5, 0.6) is 11.5 Å². The summed E-state index contributed by atoms with van der Waals surface area (Å²) in [6.07, 6.45) is 0. The number of nitrogens with zero attached hydrogens (tertiary/aromatic N) is 2. The highest BCUT2D eigenvalue weighted by molar-refractivity contribution is 7.22. The van der Waals surface area contributed by atoms with E-state index >= 15 is 0 Å². The summed E-state index contributed by atoms with van der Waals surface area (Å²) in [5.74, 6) is 1.89. The van der Waals surface area contributed by atoms with Crippen LogP contribution in [0.2, 0.25) is 4.34 Å². The van der Waals surface area contributed by atoms with Gasteiger partial charge in [0, 0.05) is 5.56 Å². The van der Waals surface area contributed by atoms with E-state index in [9.17, 15) is 4.79 Å². The minimum Gasteiger partial charge on any atom is -0.493 e. The van der Waals surface area contributed by atoms with Gasteiger partial charge in [0.05, 0.1) is 42.4 Å². The lowest BCUT2D eigenvalue weighted by Crippen LogP contribution is -2.12. The number of aryl methyl sites for hydroxylation is 1. The van der Waals surface area contributed by atoms with Crippen LogP contribution in [0.15, 0.2) is 34.7 Å². The molecule has 1 aromatic carbocycles. The fraction of sp³-hybridized carbons (Fsp3) is 0.238. The van der Waals surface area contributed by atoms with Gasteiger partial charge in [-0.3, -0.25) is 0 Å². The molecule has 0 aliphatic heterocycles. The van der Waals surface area contributed by atoms with Crippen molar-refractivity contribution in [2.75, 3.05) is 21.3 Å². The number of esters is 1. The summed E-state index contributed by atoms with van der Waals surface area (Å²) in [6.45, 7) is 2.18. The number of oxazole rings is 1. The molecule has 3 aromatic heterocycles. The summed E-state index contributed by atoms with van der Waals surface area (Å²) in [4.78, 5) is 16.9. The Morgan fingerprint density at radius 1 is 1.17 bits per heavy atom. The number of benzene rings is 1. The number of carbonyl (C=O) groups is 1. The summed E-state index contributed by atoms with van der Waals surface area (Å²) in [5.41, 5.74) is 2.74.